The molecule has 11 heteroatoms. The van der Waals surface area contributed by atoms with Crippen molar-refractivity contribution in [3.63, 3.8) is 0 Å². The summed E-state index contributed by atoms with van der Waals surface area (Å²) in [7, 11) is 0. The van der Waals surface area contributed by atoms with Gasteiger partial charge in [0.25, 0.3) is 0 Å². The van der Waals surface area contributed by atoms with Gasteiger partial charge in [0.15, 0.2) is 0 Å². The van der Waals surface area contributed by atoms with E-state index >= 15 is 0 Å². The number of benzene rings is 4. The maximum Gasteiger partial charge on any atom is 0.402 e. The molecule has 0 atom stereocenters. The van der Waals surface area contributed by atoms with Crippen LogP contribution in [0.2, 0.25) is 0 Å². The van der Waals surface area contributed by atoms with Crippen LogP contribution in [0.4, 0.5) is 35.9 Å². The molecule has 12 N–H and O–H groups in total. The summed E-state index contributed by atoms with van der Waals surface area (Å²) in [5, 5.41) is 37.8. The Bertz CT molecular complexity index is 1370. The summed E-state index contributed by atoms with van der Waals surface area (Å²) in [4.78, 5) is 0. The molecule has 0 aromatic heterocycles. The van der Waals surface area contributed by atoms with Crippen molar-refractivity contribution in [2.24, 2.45) is 0 Å². The molecule has 0 radical (unpaired) electrons. The zero-order chi connectivity index (χ0) is 28.4. The van der Waals surface area contributed by atoms with Gasteiger partial charge in [0, 0.05) is 0 Å². The number of anilines is 4. The van der Waals surface area contributed by atoms with Crippen LogP contribution < -0.4 is 22.9 Å². The van der Waals surface area contributed by atoms with Gasteiger partial charge in [0.1, 0.15) is 28.4 Å². The maximum absolute atomic E-state index is 13.7. The first-order valence-electron chi connectivity index (χ1n) is 11.1. The van der Waals surface area contributed by atoms with E-state index in [2.05, 4.69) is 0 Å². The monoisotopic (exact) mass is 528 g/mol. The summed E-state index contributed by atoms with van der Waals surface area (Å²) in [6.45, 7) is 0.991. The second-order valence-corrected chi connectivity index (χ2v) is 8.72. The molecule has 4 aromatic rings. The lowest BCUT2D eigenvalue weighted by atomic mass is 9.75. The smallest absolute Gasteiger partial charge is 0.402 e. The first-order chi connectivity index (χ1) is 17.6. The van der Waals surface area contributed by atoms with E-state index < -0.39 is 11.6 Å². The van der Waals surface area contributed by atoms with E-state index in [0.717, 1.165) is 54.4 Å². The van der Waals surface area contributed by atoms with Crippen molar-refractivity contribution in [2.75, 3.05) is 22.9 Å². The maximum atomic E-state index is 13.7. The summed E-state index contributed by atoms with van der Waals surface area (Å²) in [5.74, 6) is -0.542. The van der Waals surface area contributed by atoms with Gasteiger partial charge in [-0.2, -0.15) is 13.2 Å². The van der Waals surface area contributed by atoms with E-state index in [-0.39, 0.29) is 45.5 Å². The quantitative estimate of drug-likeness (QED) is 0.134. The predicted molar refractivity (Wildman–Crippen MR) is 142 cm³/mol. The average molecular weight is 529 g/mol. The van der Waals surface area contributed by atoms with Crippen molar-refractivity contribution >= 4 is 22.7 Å². The Morgan fingerprint density at radius 2 is 0.868 bits per heavy atom. The second-order valence-electron chi connectivity index (χ2n) is 8.72. The van der Waals surface area contributed by atoms with Crippen molar-refractivity contribution in [3.8, 4) is 34.1 Å². The third-order valence-corrected chi connectivity index (χ3v) is 6.17. The highest BCUT2D eigenvalue weighted by atomic mass is 19.4. The summed E-state index contributed by atoms with van der Waals surface area (Å²) >= 11 is 0. The number of hydrogen-bond acceptors (Lipinski definition) is 8. The molecule has 0 spiro atoms. The lowest BCUT2D eigenvalue weighted by Crippen LogP contribution is -2.40. The van der Waals surface area contributed by atoms with Crippen molar-refractivity contribution in [1.82, 2.24) is 0 Å². The number of nitrogens with two attached hydrogens (primary N) is 4. The van der Waals surface area contributed by atoms with Crippen LogP contribution in [-0.2, 0) is 5.41 Å². The van der Waals surface area contributed by atoms with Crippen LogP contribution >= 0.6 is 0 Å². The molecule has 0 aliphatic heterocycles. The Kier molecular flexibility index (Phi) is 7.43. The lowest BCUT2D eigenvalue weighted by Gasteiger charge is -2.33. The van der Waals surface area contributed by atoms with E-state index in [9.17, 15) is 33.6 Å². The Morgan fingerprint density at radius 3 is 1.16 bits per heavy atom. The summed E-state index contributed by atoms with van der Waals surface area (Å²) in [6, 6.07) is 16.5. The van der Waals surface area contributed by atoms with Gasteiger partial charge in [0.2, 0.25) is 0 Å². The second kappa shape index (κ2) is 10.2. The largest absolute Gasteiger partial charge is 0.506 e. The zero-order valence-corrected chi connectivity index (χ0v) is 20.2. The van der Waals surface area contributed by atoms with Crippen LogP contribution in [0, 0.1) is 0 Å². The number of phenols is 4. The van der Waals surface area contributed by atoms with Gasteiger partial charge in [-0.05, 0) is 77.7 Å². The van der Waals surface area contributed by atoms with Gasteiger partial charge in [-0.3, -0.25) is 0 Å². The topological polar surface area (TPSA) is 185 Å². The molecule has 38 heavy (non-hydrogen) atoms. The number of halogens is 3. The molecule has 0 aliphatic carbocycles. The van der Waals surface area contributed by atoms with Gasteiger partial charge in [-0.25, -0.2) is 0 Å². The molecule has 0 heterocycles. The molecular weight excluding hydrogens is 501 g/mol. The van der Waals surface area contributed by atoms with E-state index in [1.807, 2.05) is 0 Å². The standard InChI is InChI=1S/C15H15F3N2O2.C12H12N2O2/c1-14(15(16,17)18,8-2-4-12(21)10(19)6-8)9-3-5-13(22)11(20)7-9;13-9-3-1-7(5-11(9)15)8-2-4-10(14)12(16)6-8/h2-7,21-22H,19-20H2,1H3;1-6,15-16H,13-14H2. The number of aromatic hydroxyl groups is 4. The van der Waals surface area contributed by atoms with Crippen molar-refractivity contribution < 1.29 is 33.6 Å². The Labute approximate surface area is 216 Å². The Morgan fingerprint density at radius 1 is 0.500 bits per heavy atom. The Balaban J connectivity index is 0.000000221. The highest BCUT2D eigenvalue weighted by molar-refractivity contribution is 5.73. The Hall–Kier alpha value is -4.93. The van der Waals surface area contributed by atoms with Gasteiger partial charge >= 0.3 is 6.18 Å². The summed E-state index contributed by atoms with van der Waals surface area (Å²) in [6.07, 6.45) is -4.64. The molecular formula is C27H27F3N4O4. The fraction of sp³-hybridized carbons (Fsp3) is 0.111. The first-order valence-corrected chi connectivity index (χ1v) is 11.1. The molecule has 0 saturated heterocycles. The number of alkyl halides is 3. The van der Waals surface area contributed by atoms with Gasteiger partial charge in [0.05, 0.1) is 22.7 Å². The molecule has 0 unspecified atom stereocenters. The summed E-state index contributed by atoms with van der Waals surface area (Å²) < 4.78 is 41.2. The SMILES string of the molecule is CC(c1ccc(O)c(N)c1)(c1ccc(O)c(N)c1)C(F)(F)F.Nc1ccc(-c2ccc(N)c(O)c2)cc1O. The van der Waals surface area contributed by atoms with E-state index in [1.54, 1.807) is 36.4 Å². The first kappa shape index (κ1) is 27.7. The zero-order valence-electron chi connectivity index (χ0n) is 20.2. The van der Waals surface area contributed by atoms with Crippen LogP contribution in [0.25, 0.3) is 11.1 Å². The van der Waals surface area contributed by atoms with E-state index in [0.29, 0.717) is 11.4 Å². The summed E-state index contributed by atoms with van der Waals surface area (Å²) in [5.41, 5.74) is 21.2. The number of rotatable bonds is 3. The number of hydrogen-bond donors (Lipinski definition) is 8. The number of phenolic OH excluding ortho intramolecular Hbond substituents is 4. The van der Waals surface area contributed by atoms with Crippen molar-refractivity contribution in [2.45, 2.75) is 18.5 Å². The molecule has 0 aliphatic rings. The van der Waals surface area contributed by atoms with Crippen LogP contribution in [0.5, 0.6) is 23.0 Å². The van der Waals surface area contributed by atoms with E-state index in [4.69, 9.17) is 22.9 Å². The minimum Gasteiger partial charge on any atom is -0.506 e. The molecule has 8 nitrogen and oxygen atoms in total. The predicted octanol–water partition coefficient (Wildman–Crippen LogP) is 5.06. The fourth-order valence-electron chi connectivity index (χ4n) is 3.67. The van der Waals surface area contributed by atoms with Crippen LogP contribution in [0.3, 0.4) is 0 Å². The van der Waals surface area contributed by atoms with E-state index in [1.165, 1.54) is 0 Å². The molecule has 200 valence electrons. The van der Waals surface area contributed by atoms with Gasteiger partial charge in [-0.15, -0.1) is 0 Å². The molecule has 0 bridgehead atoms. The number of nitrogen functional groups attached to an aromatic ring is 4. The molecule has 4 rings (SSSR count). The molecule has 4 aromatic carbocycles. The fourth-order valence-corrected chi connectivity index (χ4v) is 3.67. The van der Waals surface area contributed by atoms with Gasteiger partial charge < -0.3 is 43.4 Å². The highest BCUT2D eigenvalue weighted by Gasteiger charge is 2.53. The van der Waals surface area contributed by atoms with Crippen LogP contribution in [-0.4, -0.2) is 26.6 Å². The van der Waals surface area contributed by atoms with Crippen molar-refractivity contribution in [1.29, 1.82) is 0 Å². The third-order valence-electron chi connectivity index (χ3n) is 6.17. The van der Waals surface area contributed by atoms with Crippen molar-refractivity contribution in [3.05, 3.63) is 83.9 Å². The molecule has 0 amide bonds. The van der Waals surface area contributed by atoms with Crippen LogP contribution in [0.15, 0.2) is 72.8 Å². The third kappa shape index (κ3) is 5.41. The molecule has 0 saturated carbocycles. The lowest BCUT2D eigenvalue weighted by molar-refractivity contribution is -0.173. The van der Waals surface area contributed by atoms with Crippen LogP contribution in [0.1, 0.15) is 18.1 Å². The normalized spacial score (nSPS) is 11.5. The molecule has 0 fully saturated rings. The minimum absolute atomic E-state index is 0.0221. The minimum atomic E-state index is -4.64. The van der Waals surface area contributed by atoms with Gasteiger partial charge in [-0.1, -0.05) is 24.3 Å². The highest BCUT2D eigenvalue weighted by Crippen LogP contribution is 2.48. The average Bonchev–Trinajstić information content (AvgIpc) is 2.85.